The maximum Gasteiger partial charge on any atom is 0.168 e. The number of benzene rings is 1. The summed E-state index contributed by atoms with van der Waals surface area (Å²) in [6.45, 7) is 0. The molecular formula is C11H10N2O2. The molecule has 0 bridgehead atoms. The fraction of sp³-hybridized carbons (Fsp3) is 0.0909. The monoisotopic (exact) mass is 202 g/mol. The lowest BCUT2D eigenvalue weighted by Crippen LogP contribution is -2.01. The molecule has 0 N–H and O–H groups in total. The molecule has 0 fully saturated rings. The maximum atomic E-state index is 10.7. The van der Waals surface area contributed by atoms with E-state index in [1.54, 1.807) is 24.1 Å². The van der Waals surface area contributed by atoms with Crippen molar-refractivity contribution in [1.29, 1.82) is 0 Å². The van der Waals surface area contributed by atoms with Crippen molar-refractivity contribution in [3.8, 4) is 11.4 Å². The number of hydrogen-bond acceptors (Lipinski definition) is 3. The summed E-state index contributed by atoms with van der Waals surface area (Å²) in [5, 5.41) is 4.06. The van der Waals surface area contributed by atoms with Gasteiger partial charge in [0.1, 0.15) is 11.4 Å². The van der Waals surface area contributed by atoms with E-state index in [4.69, 9.17) is 4.74 Å². The molecule has 1 aromatic carbocycles. The maximum absolute atomic E-state index is 10.7. The van der Waals surface area contributed by atoms with Crippen molar-refractivity contribution in [3.63, 3.8) is 0 Å². The highest BCUT2D eigenvalue weighted by molar-refractivity contribution is 5.73. The number of rotatable bonds is 3. The van der Waals surface area contributed by atoms with Gasteiger partial charge >= 0.3 is 0 Å². The molecule has 0 aliphatic carbocycles. The number of hydrogen-bond donors (Lipinski definition) is 0. The van der Waals surface area contributed by atoms with Gasteiger partial charge in [0.25, 0.3) is 0 Å². The van der Waals surface area contributed by atoms with Crippen LogP contribution in [0, 0.1) is 0 Å². The van der Waals surface area contributed by atoms with Crippen LogP contribution in [0.4, 0.5) is 0 Å². The molecule has 0 radical (unpaired) electrons. The van der Waals surface area contributed by atoms with E-state index in [9.17, 15) is 4.79 Å². The fourth-order valence-electron chi connectivity index (χ4n) is 1.36. The Morgan fingerprint density at radius 1 is 1.40 bits per heavy atom. The predicted molar refractivity (Wildman–Crippen MR) is 55.5 cm³/mol. The molecule has 0 amide bonds. The van der Waals surface area contributed by atoms with Gasteiger partial charge in [-0.1, -0.05) is 6.07 Å². The number of methoxy groups -OCH3 is 1. The first kappa shape index (κ1) is 9.45. The zero-order chi connectivity index (χ0) is 10.7. The van der Waals surface area contributed by atoms with E-state index in [-0.39, 0.29) is 0 Å². The molecule has 76 valence electrons. The number of carbonyl (C=O) groups excluding carboxylic acids is 1. The van der Waals surface area contributed by atoms with Gasteiger partial charge in [0.05, 0.1) is 19.0 Å². The standard InChI is InChI=1S/C11H10N2O2/c1-15-11-4-2-3-9(7-11)13-10(8-14)5-6-12-13/h2-8H,1H3. The normalized spacial score (nSPS) is 9.93. The zero-order valence-electron chi connectivity index (χ0n) is 8.25. The first-order chi connectivity index (χ1) is 7.35. The Hall–Kier alpha value is -2.10. The van der Waals surface area contributed by atoms with E-state index < -0.39 is 0 Å². The van der Waals surface area contributed by atoms with E-state index >= 15 is 0 Å². The van der Waals surface area contributed by atoms with Crippen molar-refractivity contribution in [1.82, 2.24) is 9.78 Å². The van der Waals surface area contributed by atoms with Gasteiger partial charge in [-0.2, -0.15) is 5.10 Å². The van der Waals surface area contributed by atoms with Crippen molar-refractivity contribution in [2.45, 2.75) is 0 Å². The topological polar surface area (TPSA) is 44.1 Å². The van der Waals surface area contributed by atoms with Crippen LogP contribution in [0.1, 0.15) is 10.5 Å². The Balaban J connectivity index is 2.48. The molecule has 0 spiro atoms. The second kappa shape index (κ2) is 3.96. The number of ether oxygens (including phenoxy) is 1. The summed E-state index contributed by atoms with van der Waals surface area (Å²) >= 11 is 0. The van der Waals surface area contributed by atoms with E-state index in [0.717, 1.165) is 17.7 Å². The first-order valence-electron chi connectivity index (χ1n) is 4.49. The van der Waals surface area contributed by atoms with Crippen molar-refractivity contribution in [2.75, 3.05) is 7.11 Å². The second-order valence-corrected chi connectivity index (χ2v) is 2.99. The molecular weight excluding hydrogens is 192 g/mol. The molecule has 4 heteroatoms. The Morgan fingerprint density at radius 2 is 2.27 bits per heavy atom. The number of carbonyl (C=O) groups is 1. The molecule has 0 saturated carbocycles. The smallest absolute Gasteiger partial charge is 0.168 e. The molecule has 0 aliphatic heterocycles. The van der Waals surface area contributed by atoms with E-state index in [1.807, 2.05) is 24.3 Å². The van der Waals surface area contributed by atoms with Crippen molar-refractivity contribution in [3.05, 3.63) is 42.2 Å². The van der Waals surface area contributed by atoms with Gasteiger partial charge in [-0.15, -0.1) is 0 Å². The third-order valence-corrected chi connectivity index (χ3v) is 2.09. The minimum absolute atomic E-state index is 0.517. The van der Waals surface area contributed by atoms with Crippen LogP contribution in [0.2, 0.25) is 0 Å². The summed E-state index contributed by atoms with van der Waals surface area (Å²) in [6.07, 6.45) is 2.36. The van der Waals surface area contributed by atoms with Gasteiger partial charge in [-0.25, -0.2) is 4.68 Å². The fourth-order valence-corrected chi connectivity index (χ4v) is 1.36. The average molecular weight is 202 g/mol. The first-order valence-corrected chi connectivity index (χ1v) is 4.49. The van der Waals surface area contributed by atoms with Crippen LogP contribution in [0.25, 0.3) is 5.69 Å². The lowest BCUT2D eigenvalue weighted by molar-refractivity contribution is 0.111. The molecule has 15 heavy (non-hydrogen) atoms. The summed E-state index contributed by atoms with van der Waals surface area (Å²) in [6, 6.07) is 9.03. The predicted octanol–water partition coefficient (Wildman–Crippen LogP) is 1.69. The Bertz CT molecular complexity index is 477. The molecule has 1 aromatic heterocycles. The molecule has 0 unspecified atom stereocenters. The lowest BCUT2D eigenvalue weighted by atomic mass is 10.3. The second-order valence-electron chi connectivity index (χ2n) is 2.99. The highest BCUT2D eigenvalue weighted by Gasteiger charge is 2.03. The van der Waals surface area contributed by atoms with Gasteiger partial charge in [0.15, 0.2) is 6.29 Å². The van der Waals surface area contributed by atoms with Gasteiger partial charge in [0.2, 0.25) is 0 Å². The van der Waals surface area contributed by atoms with E-state index in [1.165, 1.54) is 0 Å². The largest absolute Gasteiger partial charge is 0.497 e. The summed E-state index contributed by atoms with van der Waals surface area (Å²) in [5.41, 5.74) is 1.32. The highest BCUT2D eigenvalue weighted by atomic mass is 16.5. The molecule has 4 nitrogen and oxygen atoms in total. The summed E-state index contributed by atoms with van der Waals surface area (Å²) in [7, 11) is 1.60. The van der Waals surface area contributed by atoms with Gasteiger partial charge < -0.3 is 4.74 Å². The van der Waals surface area contributed by atoms with Crippen LogP contribution in [-0.4, -0.2) is 23.2 Å². The molecule has 0 saturated heterocycles. The SMILES string of the molecule is COc1cccc(-n2nccc2C=O)c1. The van der Waals surface area contributed by atoms with Crippen LogP contribution in [0.15, 0.2) is 36.5 Å². The molecule has 0 atom stereocenters. The molecule has 2 aromatic rings. The molecule has 1 heterocycles. The van der Waals surface area contributed by atoms with Gasteiger partial charge in [-0.3, -0.25) is 4.79 Å². The van der Waals surface area contributed by atoms with E-state index in [0.29, 0.717) is 5.69 Å². The summed E-state index contributed by atoms with van der Waals surface area (Å²) in [5.74, 6) is 0.736. The highest BCUT2D eigenvalue weighted by Crippen LogP contribution is 2.16. The zero-order valence-corrected chi connectivity index (χ0v) is 8.25. The average Bonchev–Trinajstić information content (AvgIpc) is 2.77. The summed E-state index contributed by atoms with van der Waals surface area (Å²) < 4.78 is 6.66. The number of aldehydes is 1. The number of nitrogens with zero attached hydrogens (tertiary/aromatic N) is 2. The van der Waals surface area contributed by atoms with Crippen LogP contribution >= 0.6 is 0 Å². The molecule has 0 aliphatic rings. The van der Waals surface area contributed by atoms with Crippen LogP contribution in [0.3, 0.4) is 0 Å². The van der Waals surface area contributed by atoms with Gasteiger partial charge in [0, 0.05) is 6.07 Å². The van der Waals surface area contributed by atoms with E-state index in [2.05, 4.69) is 5.10 Å². The van der Waals surface area contributed by atoms with Crippen molar-refractivity contribution in [2.24, 2.45) is 0 Å². The minimum Gasteiger partial charge on any atom is -0.497 e. The lowest BCUT2D eigenvalue weighted by Gasteiger charge is -2.05. The van der Waals surface area contributed by atoms with Crippen LogP contribution in [0.5, 0.6) is 5.75 Å². The third-order valence-electron chi connectivity index (χ3n) is 2.09. The Morgan fingerprint density at radius 3 is 3.00 bits per heavy atom. The van der Waals surface area contributed by atoms with Gasteiger partial charge in [-0.05, 0) is 18.2 Å². The Kier molecular flexibility index (Phi) is 2.49. The van der Waals surface area contributed by atoms with Crippen molar-refractivity contribution < 1.29 is 9.53 Å². The quantitative estimate of drug-likeness (QED) is 0.711. The third kappa shape index (κ3) is 1.74. The summed E-state index contributed by atoms with van der Waals surface area (Å²) in [4.78, 5) is 10.7. The Labute approximate surface area is 87.1 Å². The van der Waals surface area contributed by atoms with Crippen LogP contribution < -0.4 is 4.74 Å². The van der Waals surface area contributed by atoms with Crippen molar-refractivity contribution >= 4 is 6.29 Å². The minimum atomic E-state index is 0.517. The molecule has 2 rings (SSSR count). The number of aromatic nitrogens is 2. The van der Waals surface area contributed by atoms with Crippen LogP contribution in [-0.2, 0) is 0 Å².